The van der Waals surface area contributed by atoms with E-state index in [2.05, 4.69) is 4.98 Å². The summed E-state index contributed by atoms with van der Waals surface area (Å²) >= 11 is 1.30. The van der Waals surface area contributed by atoms with Gasteiger partial charge in [-0.3, -0.25) is 9.59 Å². The van der Waals surface area contributed by atoms with Crippen LogP contribution in [0.2, 0.25) is 0 Å². The van der Waals surface area contributed by atoms with Crippen molar-refractivity contribution >= 4 is 29.2 Å². The fourth-order valence-electron chi connectivity index (χ4n) is 1.97. The fourth-order valence-corrected chi connectivity index (χ4v) is 2.73. The Labute approximate surface area is 146 Å². The van der Waals surface area contributed by atoms with Crippen molar-refractivity contribution in [3.8, 4) is 0 Å². The van der Waals surface area contributed by atoms with Crippen molar-refractivity contribution in [2.45, 2.75) is 53.1 Å². The average Bonchev–Trinajstić information content (AvgIpc) is 2.99. The minimum absolute atomic E-state index is 0.0466. The van der Waals surface area contributed by atoms with Crippen molar-refractivity contribution in [1.82, 2.24) is 9.88 Å². The van der Waals surface area contributed by atoms with Gasteiger partial charge in [0, 0.05) is 17.8 Å². The molecular formula is C16H24N2O5S. The summed E-state index contributed by atoms with van der Waals surface area (Å²) in [6.45, 7) is 8.12. The third-order valence-electron chi connectivity index (χ3n) is 3.13. The van der Waals surface area contributed by atoms with Crippen molar-refractivity contribution in [2.75, 3.05) is 13.2 Å². The van der Waals surface area contributed by atoms with Crippen LogP contribution in [0.5, 0.6) is 0 Å². The van der Waals surface area contributed by atoms with Crippen LogP contribution in [0.3, 0.4) is 0 Å². The van der Waals surface area contributed by atoms with Gasteiger partial charge in [-0.25, -0.2) is 9.78 Å². The van der Waals surface area contributed by atoms with Crippen LogP contribution in [-0.2, 0) is 25.6 Å². The molecule has 0 saturated carbocycles. The SMILES string of the molecule is CCOC(=O)CCC(=O)N(Cc1nc(C(=O)OCC)cs1)C(C)C. The zero-order valence-electron chi connectivity index (χ0n) is 14.5. The summed E-state index contributed by atoms with van der Waals surface area (Å²) in [4.78, 5) is 41.2. The molecule has 0 saturated heterocycles. The van der Waals surface area contributed by atoms with Crippen molar-refractivity contribution in [2.24, 2.45) is 0 Å². The molecule has 1 rings (SSSR count). The molecule has 0 radical (unpaired) electrons. The molecule has 0 spiro atoms. The maximum Gasteiger partial charge on any atom is 0.357 e. The second kappa shape index (κ2) is 10.0. The molecule has 24 heavy (non-hydrogen) atoms. The number of rotatable bonds is 9. The Balaban J connectivity index is 2.67. The Hall–Kier alpha value is -1.96. The minimum Gasteiger partial charge on any atom is -0.466 e. The topological polar surface area (TPSA) is 85.8 Å². The summed E-state index contributed by atoms with van der Waals surface area (Å²) in [7, 11) is 0. The van der Waals surface area contributed by atoms with Gasteiger partial charge >= 0.3 is 11.9 Å². The molecule has 0 unspecified atom stereocenters. The largest absolute Gasteiger partial charge is 0.466 e. The number of hydrogen-bond acceptors (Lipinski definition) is 7. The Morgan fingerprint density at radius 3 is 2.42 bits per heavy atom. The minimum atomic E-state index is -0.468. The lowest BCUT2D eigenvalue weighted by Gasteiger charge is -2.25. The Kier molecular flexibility index (Phi) is 8.39. The van der Waals surface area contributed by atoms with Crippen molar-refractivity contribution < 1.29 is 23.9 Å². The molecule has 1 aromatic rings. The van der Waals surface area contributed by atoms with Crippen molar-refractivity contribution in [1.29, 1.82) is 0 Å². The van der Waals surface area contributed by atoms with Crippen LogP contribution >= 0.6 is 11.3 Å². The zero-order valence-corrected chi connectivity index (χ0v) is 15.4. The molecule has 0 N–H and O–H groups in total. The molecule has 0 aromatic carbocycles. The molecule has 0 atom stereocenters. The lowest BCUT2D eigenvalue weighted by atomic mass is 10.2. The number of ether oxygens (including phenoxy) is 2. The predicted octanol–water partition coefficient (Wildman–Crippen LogP) is 2.40. The number of carbonyl (C=O) groups is 3. The Morgan fingerprint density at radius 1 is 1.17 bits per heavy atom. The second-order valence-electron chi connectivity index (χ2n) is 5.27. The van der Waals surface area contributed by atoms with E-state index in [4.69, 9.17) is 9.47 Å². The quantitative estimate of drug-likeness (QED) is 0.632. The standard InChI is InChI=1S/C16H24N2O5S/c1-5-22-15(20)8-7-14(19)18(11(3)4)9-13-17-12(10-24-13)16(21)23-6-2/h10-11H,5-9H2,1-4H3. The molecule has 1 aromatic heterocycles. The van der Waals surface area contributed by atoms with Gasteiger partial charge in [0.15, 0.2) is 5.69 Å². The van der Waals surface area contributed by atoms with E-state index < -0.39 is 5.97 Å². The molecule has 0 aliphatic heterocycles. The Morgan fingerprint density at radius 2 is 1.83 bits per heavy atom. The first-order valence-corrected chi connectivity index (χ1v) is 8.83. The molecule has 0 bridgehead atoms. The third kappa shape index (κ3) is 6.27. The number of esters is 2. The van der Waals surface area contributed by atoms with Crippen LogP contribution in [0.15, 0.2) is 5.38 Å². The number of thiazole rings is 1. The smallest absolute Gasteiger partial charge is 0.357 e. The summed E-state index contributed by atoms with van der Waals surface area (Å²) in [6.07, 6.45) is 0.148. The van der Waals surface area contributed by atoms with Gasteiger partial charge in [-0.05, 0) is 27.7 Å². The van der Waals surface area contributed by atoms with Crippen LogP contribution in [0, 0.1) is 0 Å². The first-order valence-electron chi connectivity index (χ1n) is 7.95. The third-order valence-corrected chi connectivity index (χ3v) is 3.97. The van der Waals surface area contributed by atoms with Crippen LogP contribution in [0.25, 0.3) is 0 Å². The lowest BCUT2D eigenvalue weighted by molar-refractivity contribution is -0.146. The van der Waals surface area contributed by atoms with Gasteiger partial charge < -0.3 is 14.4 Å². The molecule has 134 valence electrons. The van der Waals surface area contributed by atoms with Gasteiger partial charge in [0.2, 0.25) is 5.91 Å². The first kappa shape index (κ1) is 20.1. The van der Waals surface area contributed by atoms with Gasteiger partial charge in [0.05, 0.1) is 26.2 Å². The van der Waals surface area contributed by atoms with Gasteiger partial charge in [-0.15, -0.1) is 11.3 Å². The summed E-state index contributed by atoms with van der Waals surface area (Å²) in [6, 6.07) is -0.0466. The van der Waals surface area contributed by atoms with E-state index in [1.807, 2.05) is 13.8 Å². The number of hydrogen-bond donors (Lipinski definition) is 0. The highest BCUT2D eigenvalue weighted by atomic mass is 32.1. The van der Waals surface area contributed by atoms with E-state index >= 15 is 0 Å². The fraction of sp³-hybridized carbons (Fsp3) is 0.625. The van der Waals surface area contributed by atoms with Gasteiger partial charge in [-0.1, -0.05) is 0 Å². The average molecular weight is 356 g/mol. The van der Waals surface area contributed by atoms with E-state index in [-0.39, 0.29) is 43.1 Å². The van der Waals surface area contributed by atoms with Crippen LogP contribution in [0.4, 0.5) is 0 Å². The number of carbonyl (C=O) groups excluding carboxylic acids is 3. The number of amides is 1. The maximum atomic E-state index is 12.3. The van der Waals surface area contributed by atoms with Crippen LogP contribution in [-0.4, -0.2) is 47.0 Å². The molecule has 1 heterocycles. The Bertz CT molecular complexity index is 571. The zero-order chi connectivity index (χ0) is 18.1. The predicted molar refractivity (Wildman–Crippen MR) is 89.6 cm³/mol. The molecule has 7 nitrogen and oxygen atoms in total. The first-order chi connectivity index (χ1) is 11.4. The van der Waals surface area contributed by atoms with E-state index in [9.17, 15) is 14.4 Å². The summed E-state index contributed by atoms with van der Waals surface area (Å²) < 4.78 is 9.73. The molecule has 0 aliphatic carbocycles. The van der Waals surface area contributed by atoms with Crippen LogP contribution in [0.1, 0.15) is 56.0 Å². The van der Waals surface area contributed by atoms with E-state index in [0.29, 0.717) is 18.2 Å². The summed E-state index contributed by atoms with van der Waals surface area (Å²) in [5.74, 6) is -0.996. The van der Waals surface area contributed by atoms with Crippen LogP contribution < -0.4 is 0 Å². The van der Waals surface area contributed by atoms with Gasteiger partial charge in [0.25, 0.3) is 0 Å². The number of nitrogens with zero attached hydrogens (tertiary/aromatic N) is 2. The number of aromatic nitrogens is 1. The van der Waals surface area contributed by atoms with E-state index in [0.717, 1.165) is 0 Å². The normalized spacial score (nSPS) is 10.5. The highest BCUT2D eigenvalue weighted by molar-refractivity contribution is 7.09. The summed E-state index contributed by atoms with van der Waals surface area (Å²) in [5.41, 5.74) is 0.250. The van der Waals surface area contributed by atoms with E-state index in [1.54, 1.807) is 24.1 Å². The lowest BCUT2D eigenvalue weighted by Crippen LogP contribution is -2.36. The molecule has 0 aliphatic rings. The molecule has 1 amide bonds. The summed E-state index contributed by atoms with van der Waals surface area (Å²) in [5, 5.41) is 2.27. The highest BCUT2D eigenvalue weighted by Gasteiger charge is 2.21. The van der Waals surface area contributed by atoms with Gasteiger partial charge in [0.1, 0.15) is 5.01 Å². The van der Waals surface area contributed by atoms with E-state index in [1.165, 1.54) is 11.3 Å². The van der Waals surface area contributed by atoms with Gasteiger partial charge in [-0.2, -0.15) is 0 Å². The molecule has 8 heteroatoms. The molecular weight excluding hydrogens is 332 g/mol. The highest BCUT2D eigenvalue weighted by Crippen LogP contribution is 2.16. The monoisotopic (exact) mass is 356 g/mol. The second-order valence-corrected chi connectivity index (χ2v) is 6.21. The molecule has 0 fully saturated rings. The van der Waals surface area contributed by atoms with Crippen molar-refractivity contribution in [3.63, 3.8) is 0 Å². The van der Waals surface area contributed by atoms with Crippen molar-refractivity contribution in [3.05, 3.63) is 16.1 Å². The maximum absolute atomic E-state index is 12.3.